The highest BCUT2D eigenvalue weighted by atomic mass is 32.1. The van der Waals surface area contributed by atoms with Gasteiger partial charge in [-0.05, 0) is 24.6 Å². The van der Waals surface area contributed by atoms with Crippen LogP contribution in [0.4, 0.5) is 9.52 Å². The van der Waals surface area contributed by atoms with Crippen LogP contribution in [0.5, 0.6) is 0 Å². The third-order valence-corrected chi connectivity index (χ3v) is 5.03. The van der Waals surface area contributed by atoms with E-state index in [4.69, 9.17) is 0 Å². The molecule has 0 radical (unpaired) electrons. The second kappa shape index (κ2) is 8.98. The van der Waals surface area contributed by atoms with Crippen LogP contribution >= 0.6 is 11.3 Å². The summed E-state index contributed by atoms with van der Waals surface area (Å²) in [5.41, 5.74) is 1.67. The molecule has 0 unspecified atom stereocenters. The first-order valence-corrected chi connectivity index (χ1v) is 9.59. The standard InChI is InChI=1S/C19H28FN5S/c1-6-21-17(22-11-16-12-26-18(24-16)25(4)5)23-13-19(2,3)14-8-7-9-15(20)10-14/h7-10,12H,6,11,13H2,1-5H3,(H2,21,22,23). The van der Waals surface area contributed by atoms with Gasteiger partial charge in [-0.15, -0.1) is 11.3 Å². The summed E-state index contributed by atoms with van der Waals surface area (Å²) >= 11 is 1.61. The molecule has 0 aliphatic carbocycles. The van der Waals surface area contributed by atoms with Gasteiger partial charge in [-0.3, -0.25) is 0 Å². The fourth-order valence-electron chi connectivity index (χ4n) is 2.39. The van der Waals surface area contributed by atoms with E-state index >= 15 is 0 Å². The molecule has 0 fully saturated rings. The normalized spacial score (nSPS) is 12.2. The number of anilines is 1. The van der Waals surface area contributed by atoms with E-state index in [1.54, 1.807) is 23.5 Å². The second-order valence-electron chi connectivity index (χ2n) is 6.96. The lowest BCUT2D eigenvalue weighted by Crippen LogP contribution is -2.43. The van der Waals surface area contributed by atoms with E-state index < -0.39 is 0 Å². The maximum atomic E-state index is 13.5. The Morgan fingerprint density at radius 3 is 2.69 bits per heavy atom. The predicted octanol–water partition coefficient (Wildman–Crippen LogP) is 3.38. The molecule has 0 saturated heterocycles. The second-order valence-corrected chi connectivity index (χ2v) is 7.80. The van der Waals surface area contributed by atoms with Crippen molar-refractivity contribution < 1.29 is 4.39 Å². The molecule has 0 saturated carbocycles. The minimum Gasteiger partial charge on any atom is -0.357 e. The molecule has 0 aliphatic heterocycles. The zero-order chi connectivity index (χ0) is 19.2. The van der Waals surface area contributed by atoms with Crippen molar-refractivity contribution in [1.82, 2.24) is 15.6 Å². The molecule has 0 atom stereocenters. The van der Waals surface area contributed by atoms with E-state index in [1.165, 1.54) is 6.07 Å². The van der Waals surface area contributed by atoms with Gasteiger partial charge in [0.25, 0.3) is 0 Å². The molecule has 1 aromatic carbocycles. The first-order valence-electron chi connectivity index (χ1n) is 8.72. The molecule has 2 aromatic rings. The van der Waals surface area contributed by atoms with Gasteiger partial charge < -0.3 is 15.5 Å². The van der Waals surface area contributed by atoms with Crippen LogP contribution in [-0.4, -0.2) is 38.1 Å². The predicted molar refractivity (Wildman–Crippen MR) is 109 cm³/mol. The number of benzene rings is 1. The van der Waals surface area contributed by atoms with Crippen molar-refractivity contribution in [2.45, 2.75) is 32.7 Å². The summed E-state index contributed by atoms with van der Waals surface area (Å²) in [6, 6.07) is 6.75. The van der Waals surface area contributed by atoms with E-state index in [-0.39, 0.29) is 11.2 Å². The van der Waals surface area contributed by atoms with E-state index in [0.29, 0.717) is 13.1 Å². The maximum Gasteiger partial charge on any atom is 0.191 e. The van der Waals surface area contributed by atoms with Crippen molar-refractivity contribution >= 4 is 22.4 Å². The molecule has 0 aliphatic rings. The Hall–Kier alpha value is -2.15. The summed E-state index contributed by atoms with van der Waals surface area (Å²) in [5, 5.41) is 9.61. The third kappa shape index (κ3) is 5.69. The Morgan fingerprint density at radius 1 is 1.31 bits per heavy atom. The average molecular weight is 378 g/mol. The minimum atomic E-state index is -0.225. The van der Waals surface area contributed by atoms with E-state index in [2.05, 4.69) is 34.5 Å². The molecular weight excluding hydrogens is 349 g/mol. The fourth-order valence-corrected chi connectivity index (χ4v) is 3.14. The van der Waals surface area contributed by atoms with E-state index in [0.717, 1.165) is 28.9 Å². The van der Waals surface area contributed by atoms with Crippen LogP contribution in [0, 0.1) is 5.82 Å². The molecule has 0 amide bonds. The zero-order valence-electron chi connectivity index (χ0n) is 16.1. The number of hydrogen-bond donors (Lipinski definition) is 2. The Bertz CT molecular complexity index is 739. The van der Waals surface area contributed by atoms with Crippen molar-refractivity contribution in [3.63, 3.8) is 0 Å². The van der Waals surface area contributed by atoms with Gasteiger partial charge in [-0.25, -0.2) is 14.4 Å². The van der Waals surface area contributed by atoms with Gasteiger partial charge in [-0.1, -0.05) is 26.0 Å². The Kier molecular flexibility index (Phi) is 6.97. The molecule has 142 valence electrons. The number of halogens is 1. The van der Waals surface area contributed by atoms with Crippen LogP contribution in [0.2, 0.25) is 0 Å². The quantitative estimate of drug-likeness (QED) is 0.574. The number of nitrogens with one attached hydrogen (secondary N) is 2. The van der Waals surface area contributed by atoms with Crippen molar-refractivity contribution in [2.75, 3.05) is 32.1 Å². The highest BCUT2D eigenvalue weighted by Gasteiger charge is 2.21. The first-order chi connectivity index (χ1) is 12.3. The first kappa shape index (κ1) is 20.2. The zero-order valence-corrected chi connectivity index (χ0v) is 17.0. The number of thiazole rings is 1. The molecule has 0 bridgehead atoms. The topological polar surface area (TPSA) is 52.6 Å². The summed E-state index contributed by atoms with van der Waals surface area (Å²) in [4.78, 5) is 11.2. The van der Waals surface area contributed by atoms with Crippen molar-refractivity contribution in [2.24, 2.45) is 4.99 Å². The lowest BCUT2D eigenvalue weighted by molar-refractivity contribution is 0.503. The van der Waals surface area contributed by atoms with Gasteiger partial charge in [0.05, 0.1) is 12.2 Å². The maximum absolute atomic E-state index is 13.5. The molecule has 0 spiro atoms. The molecule has 2 N–H and O–H groups in total. The minimum absolute atomic E-state index is 0.212. The number of aromatic nitrogens is 1. The summed E-state index contributed by atoms with van der Waals surface area (Å²) in [5.74, 6) is 0.521. The number of guanidine groups is 1. The number of rotatable bonds is 7. The highest BCUT2D eigenvalue weighted by molar-refractivity contribution is 7.13. The number of nitrogens with zero attached hydrogens (tertiary/aromatic N) is 3. The lowest BCUT2D eigenvalue weighted by Gasteiger charge is -2.26. The van der Waals surface area contributed by atoms with E-state index in [9.17, 15) is 4.39 Å². The molecule has 1 heterocycles. The molecule has 26 heavy (non-hydrogen) atoms. The summed E-state index contributed by atoms with van der Waals surface area (Å²) < 4.78 is 13.5. The molecule has 2 rings (SSSR count). The monoisotopic (exact) mass is 377 g/mol. The molecular formula is C19H28FN5S. The van der Waals surface area contributed by atoms with Crippen molar-refractivity contribution in [3.05, 3.63) is 46.7 Å². The highest BCUT2D eigenvalue weighted by Crippen LogP contribution is 2.23. The number of aliphatic imine (C=N–C) groups is 1. The average Bonchev–Trinajstić information content (AvgIpc) is 3.07. The van der Waals surface area contributed by atoms with Crippen LogP contribution in [0.15, 0.2) is 34.6 Å². The molecule has 5 nitrogen and oxygen atoms in total. The lowest BCUT2D eigenvalue weighted by atomic mass is 9.84. The molecule has 1 aromatic heterocycles. The summed E-state index contributed by atoms with van der Waals surface area (Å²) in [6.07, 6.45) is 0. The van der Waals surface area contributed by atoms with Crippen molar-refractivity contribution in [3.8, 4) is 0 Å². The van der Waals surface area contributed by atoms with Gasteiger partial charge in [0.15, 0.2) is 11.1 Å². The largest absolute Gasteiger partial charge is 0.357 e. The molecule has 7 heteroatoms. The Morgan fingerprint density at radius 2 is 2.08 bits per heavy atom. The van der Waals surface area contributed by atoms with Crippen LogP contribution < -0.4 is 15.5 Å². The Balaban J connectivity index is 2.02. The van der Waals surface area contributed by atoms with Gasteiger partial charge >= 0.3 is 0 Å². The van der Waals surface area contributed by atoms with Crippen LogP contribution in [0.1, 0.15) is 32.0 Å². The third-order valence-electron chi connectivity index (χ3n) is 3.97. The Labute approximate surface area is 159 Å². The number of hydrogen-bond acceptors (Lipinski definition) is 4. The van der Waals surface area contributed by atoms with Gasteiger partial charge in [0, 0.05) is 38.0 Å². The van der Waals surface area contributed by atoms with Gasteiger partial charge in [-0.2, -0.15) is 0 Å². The summed E-state index contributed by atoms with van der Waals surface area (Å²) in [7, 11) is 3.96. The van der Waals surface area contributed by atoms with Crippen LogP contribution in [-0.2, 0) is 12.0 Å². The van der Waals surface area contributed by atoms with Gasteiger partial charge in [0.2, 0.25) is 0 Å². The summed E-state index contributed by atoms with van der Waals surface area (Å²) in [6.45, 7) is 8.13. The van der Waals surface area contributed by atoms with Crippen LogP contribution in [0.3, 0.4) is 0 Å². The fraction of sp³-hybridized carbons (Fsp3) is 0.474. The van der Waals surface area contributed by atoms with Crippen molar-refractivity contribution in [1.29, 1.82) is 0 Å². The SMILES string of the molecule is CCNC(=NCc1csc(N(C)C)n1)NCC(C)(C)c1cccc(F)c1. The van der Waals surface area contributed by atoms with Gasteiger partial charge in [0.1, 0.15) is 5.82 Å². The smallest absolute Gasteiger partial charge is 0.191 e. The van der Waals surface area contributed by atoms with E-state index in [1.807, 2.05) is 37.4 Å². The van der Waals surface area contributed by atoms with Crippen LogP contribution in [0.25, 0.3) is 0 Å².